The first kappa shape index (κ1) is 17.7. The molecule has 0 unspecified atom stereocenters. The quantitative estimate of drug-likeness (QED) is 0.721. The summed E-state index contributed by atoms with van der Waals surface area (Å²) in [6, 6.07) is 9.07. The molecule has 0 spiro atoms. The van der Waals surface area contributed by atoms with Gasteiger partial charge in [0.05, 0.1) is 12.6 Å². The summed E-state index contributed by atoms with van der Waals surface area (Å²) in [5, 5.41) is 14.0. The molecule has 6 heteroatoms. The van der Waals surface area contributed by atoms with Crippen LogP contribution in [0.4, 0.5) is 11.4 Å². The lowest BCUT2D eigenvalue weighted by Crippen LogP contribution is -2.33. The number of nitrogens with zero attached hydrogens (tertiary/aromatic N) is 2. The van der Waals surface area contributed by atoms with Gasteiger partial charge in [0.1, 0.15) is 0 Å². The molecule has 118 valence electrons. The van der Waals surface area contributed by atoms with Gasteiger partial charge in [0.15, 0.2) is 0 Å². The zero-order chi connectivity index (χ0) is 16.4. The molecule has 22 heavy (non-hydrogen) atoms. The molecule has 0 aromatic heterocycles. The molecular formula is C16H22N4O2. The lowest BCUT2D eigenvalue weighted by molar-refractivity contribution is -0.117. The molecule has 0 atom stereocenters. The maximum absolute atomic E-state index is 12.0. The number of anilines is 2. The first-order valence-electron chi connectivity index (χ1n) is 7.32. The van der Waals surface area contributed by atoms with E-state index in [1.165, 1.54) is 6.92 Å². The molecule has 0 saturated carbocycles. The number of nitrogens with one attached hydrogen (secondary N) is 2. The zero-order valence-electron chi connectivity index (χ0n) is 13.1. The molecule has 0 fully saturated rings. The zero-order valence-corrected chi connectivity index (χ0v) is 13.1. The molecule has 0 aliphatic heterocycles. The van der Waals surface area contributed by atoms with Crippen LogP contribution in [-0.2, 0) is 9.59 Å². The molecule has 0 aliphatic carbocycles. The van der Waals surface area contributed by atoms with E-state index in [0.29, 0.717) is 24.3 Å². The molecule has 6 nitrogen and oxygen atoms in total. The van der Waals surface area contributed by atoms with Gasteiger partial charge in [0.2, 0.25) is 11.8 Å². The SMILES string of the molecule is CCN(CCCC#N)CC(=O)Nc1ccc(NC(C)=O)cc1. The van der Waals surface area contributed by atoms with Crippen LogP contribution in [0, 0.1) is 11.3 Å². The summed E-state index contributed by atoms with van der Waals surface area (Å²) < 4.78 is 0. The Balaban J connectivity index is 2.46. The lowest BCUT2D eigenvalue weighted by atomic mass is 10.2. The monoisotopic (exact) mass is 302 g/mol. The van der Waals surface area contributed by atoms with E-state index < -0.39 is 0 Å². The standard InChI is InChI=1S/C16H22N4O2/c1-3-20(11-5-4-10-17)12-16(22)19-15-8-6-14(7-9-15)18-13(2)21/h6-9H,3-5,11-12H2,1-2H3,(H,18,21)(H,19,22). The molecule has 1 aromatic rings. The maximum atomic E-state index is 12.0. The first-order valence-corrected chi connectivity index (χ1v) is 7.32. The number of rotatable bonds is 8. The van der Waals surface area contributed by atoms with Crippen molar-refractivity contribution < 1.29 is 9.59 Å². The number of carbonyl (C=O) groups is 2. The fraction of sp³-hybridized carbons (Fsp3) is 0.438. The predicted octanol–water partition coefficient (Wildman–Crippen LogP) is 2.21. The van der Waals surface area contributed by atoms with Crippen molar-refractivity contribution in [3.63, 3.8) is 0 Å². The Labute approximate surface area is 131 Å². The van der Waals surface area contributed by atoms with E-state index >= 15 is 0 Å². The van der Waals surface area contributed by atoms with E-state index in [1.54, 1.807) is 24.3 Å². The fourth-order valence-corrected chi connectivity index (χ4v) is 1.97. The van der Waals surface area contributed by atoms with Crippen molar-refractivity contribution in [1.82, 2.24) is 4.90 Å². The van der Waals surface area contributed by atoms with Gasteiger partial charge in [-0.15, -0.1) is 0 Å². The van der Waals surface area contributed by atoms with Crippen LogP contribution in [0.15, 0.2) is 24.3 Å². The van der Waals surface area contributed by atoms with Crippen LogP contribution in [0.3, 0.4) is 0 Å². The third-order valence-corrected chi connectivity index (χ3v) is 3.07. The summed E-state index contributed by atoms with van der Waals surface area (Å²) in [5.41, 5.74) is 1.38. The Morgan fingerprint density at radius 2 is 1.77 bits per heavy atom. The van der Waals surface area contributed by atoms with E-state index in [9.17, 15) is 9.59 Å². The van der Waals surface area contributed by atoms with E-state index in [0.717, 1.165) is 19.5 Å². The summed E-state index contributed by atoms with van der Waals surface area (Å²) in [4.78, 5) is 24.9. The Kier molecular flexibility index (Phi) is 7.65. The average Bonchev–Trinajstić information content (AvgIpc) is 2.48. The van der Waals surface area contributed by atoms with E-state index in [2.05, 4.69) is 16.7 Å². The Hall–Kier alpha value is -2.39. The number of unbranched alkanes of at least 4 members (excludes halogenated alkanes) is 1. The van der Waals surface area contributed by atoms with Crippen LogP contribution < -0.4 is 10.6 Å². The molecule has 2 N–H and O–H groups in total. The molecule has 0 saturated heterocycles. The maximum Gasteiger partial charge on any atom is 0.238 e. The third-order valence-electron chi connectivity index (χ3n) is 3.07. The molecule has 1 rings (SSSR count). The van der Waals surface area contributed by atoms with E-state index in [4.69, 9.17) is 5.26 Å². The highest BCUT2D eigenvalue weighted by Crippen LogP contribution is 2.13. The number of nitriles is 1. The lowest BCUT2D eigenvalue weighted by Gasteiger charge is -2.19. The molecule has 0 heterocycles. The molecule has 0 aliphatic rings. The van der Waals surface area contributed by atoms with E-state index in [1.807, 2.05) is 11.8 Å². The van der Waals surface area contributed by atoms with Crippen molar-refractivity contribution >= 4 is 23.2 Å². The van der Waals surface area contributed by atoms with Crippen LogP contribution in [0.1, 0.15) is 26.7 Å². The summed E-state index contributed by atoms with van der Waals surface area (Å²) in [7, 11) is 0. The number of benzene rings is 1. The van der Waals surface area contributed by atoms with Gasteiger partial charge in [0.25, 0.3) is 0 Å². The van der Waals surface area contributed by atoms with Crippen LogP contribution >= 0.6 is 0 Å². The number of hydrogen-bond acceptors (Lipinski definition) is 4. The largest absolute Gasteiger partial charge is 0.326 e. The number of likely N-dealkylation sites (N-methyl/N-ethyl adjacent to an activating group) is 1. The van der Waals surface area contributed by atoms with Gasteiger partial charge in [-0.05, 0) is 43.8 Å². The van der Waals surface area contributed by atoms with Gasteiger partial charge in [-0.25, -0.2) is 0 Å². The topological polar surface area (TPSA) is 85.2 Å². The smallest absolute Gasteiger partial charge is 0.238 e. The minimum atomic E-state index is -0.132. The van der Waals surface area contributed by atoms with Crippen LogP contribution in [-0.4, -0.2) is 36.3 Å². The van der Waals surface area contributed by atoms with Crippen LogP contribution in [0.5, 0.6) is 0 Å². The number of carbonyl (C=O) groups excluding carboxylic acids is 2. The molecule has 0 bridgehead atoms. The number of hydrogen-bond donors (Lipinski definition) is 2. The highest BCUT2D eigenvalue weighted by Gasteiger charge is 2.09. The van der Waals surface area contributed by atoms with Gasteiger partial charge >= 0.3 is 0 Å². The Bertz CT molecular complexity index is 534. The van der Waals surface area contributed by atoms with Crippen LogP contribution in [0.2, 0.25) is 0 Å². The van der Waals surface area contributed by atoms with Gasteiger partial charge < -0.3 is 10.6 Å². The summed E-state index contributed by atoms with van der Waals surface area (Å²) in [6.07, 6.45) is 1.27. The van der Waals surface area contributed by atoms with Crippen LogP contribution in [0.25, 0.3) is 0 Å². The molecule has 0 radical (unpaired) electrons. The summed E-state index contributed by atoms with van der Waals surface area (Å²) in [6.45, 7) is 5.23. The van der Waals surface area contributed by atoms with Crippen molar-refractivity contribution in [2.24, 2.45) is 0 Å². The van der Waals surface area contributed by atoms with E-state index in [-0.39, 0.29) is 11.8 Å². The molecular weight excluding hydrogens is 280 g/mol. The summed E-state index contributed by atoms with van der Waals surface area (Å²) in [5.74, 6) is -0.223. The van der Waals surface area contributed by atoms with Gasteiger partial charge in [-0.3, -0.25) is 14.5 Å². The fourth-order valence-electron chi connectivity index (χ4n) is 1.97. The van der Waals surface area contributed by atoms with Gasteiger partial charge in [-0.2, -0.15) is 5.26 Å². The second-order valence-electron chi connectivity index (χ2n) is 4.94. The Morgan fingerprint density at radius 1 is 1.18 bits per heavy atom. The highest BCUT2D eigenvalue weighted by molar-refractivity contribution is 5.93. The van der Waals surface area contributed by atoms with Crippen molar-refractivity contribution in [2.45, 2.75) is 26.7 Å². The molecule has 2 amide bonds. The highest BCUT2D eigenvalue weighted by atomic mass is 16.2. The van der Waals surface area contributed by atoms with Gasteiger partial charge in [0, 0.05) is 24.7 Å². The Morgan fingerprint density at radius 3 is 2.27 bits per heavy atom. The van der Waals surface area contributed by atoms with Crippen molar-refractivity contribution in [1.29, 1.82) is 5.26 Å². The first-order chi connectivity index (χ1) is 10.5. The second kappa shape index (κ2) is 9.53. The van der Waals surface area contributed by atoms with Gasteiger partial charge in [-0.1, -0.05) is 6.92 Å². The molecule has 1 aromatic carbocycles. The van der Waals surface area contributed by atoms with Crippen molar-refractivity contribution in [3.05, 3.63) is 24.3 Å². The third kappa shape index (κ3) is 6.86. The normalized spacial score (nSPS) is 10.1. The minimum absolute atomic E-state index is 0.0916. The van der Waals surface area contributed by atoms with Crippen molar-refractivity contribution in [3.8, 4) is 6.07 Å². The number of amides is 2. The minimum Gasteiger partial charge on any atom is -0.326 e. The predicted molar refractivity (Wildman–Crippen MR) is 86.3 cm³/mol. The average molecular weight is 302 g/mol. The second-order valence-corrected chi connectivity index (χ2v) is 4.94. The van der Waals surface area contributed by atoms with Crippen molar-refractivity contribution in [2.75, 3.05) is 30.3 Å². The summed E-state index contributed by atoms with van der Waals surface area (Å²) >= 11 is 0.